The highest BCUT2D eigenvalue weighted by Gasteiger charge is 2.47. The Labute approximate surface area is 114 Å². The molecule has 19 heavy (non-hydrogen) atoms. The van der Waals surface area contributed by atoms with E-state index in [0.29, 0.717) is 26.0 Å². The average molecular weight is 293 g/mol. The quantitative estimate of drug-likeness (QED) is 0.673. The van der Waals surface area contributed by atoms with Crippen LogP contribution in [0.25, 0.3) is 0 Å². The Morgan fingerprint density at radius 2 is 2.11 bits per heavy atom. The molecule has 0 bridgehead atoms. The van der Waals surface area contributed by atoms with Gasteiger partial charge in [0.2, 0.25) is 10.0 Å². The molecule has 1 aliphatic rings. The molecule has 0 aromatic heterocycles. The number of hydrogen-bond donors (Lipinski definition) is 1. The van der Waals surface area contributed by atoms with Crippen molar-refractivity contribution in [3.05, 3.63) is 0 Å². The van der Waals surface area contributed by atoms with Crippen LogP contribution in [0.2, 0.25) is 0 Å². The van der Waals surface area contributed by atoms with Gasteiger partial charge in [-0.25, -0.2) is 12.7 Å². The SMILES string of the molecule is CCCC1(C(=O)O)CCN(S(=O)(=O)CCOCC)C1. The number of carbonyl (C=O) groups is 1. The van der Waals surface area contributed by atoms with Gasteiger partial charge in [-0.3, -0.25) is 4.79 Å². The van der Waals surface area contributed by atoms with Gasteiger partial charge >= 0.3 is 5.97 Å². The maximum atomic E-state index is 12.1. The third kappa shape index (κ3) is 3.90. The Morgan fingerprint density at radius 1 is 1.42 bits per heavy atom. The molecule has 1 heterocycles. The molecule has 0 aromatic carbocycles. The molecule has 6 nitrogen and oxygen atoms in total. The lowest BCUT2D eigenvalue weighted by Gasteiger charge is -2.24. The number of nitrogens with zero attached hydrogens (tertiary/aromatic N) is 1. The van der Waals surface area contributed by atoms with Gasteiger partial charge in [-0.05, 0) is 19.8 Å². The summed E-state index contributed by atoms with van der Waals surface area (Å²) in [5, 5.41) is 9.35. The van der Waals surface area contributed by atoms with Crippen molar-refractivity contribution in [3.63, 3.8) is 0 Å². The van der Waals surface area contributed by atoms with Crippen molar-refractivity contribution in [3.8, 4) is 0 Å². The minimum absolute atomic E-state index is 0.0807. The van der Waals surface area contributed by atoms with E-state index in [1.807, 2.05) is 6.92 Å². The van der Waals surface area contributed by atoms with E-state index in [1.54, 1.807) is 6.92 Å². The van der Waals surface area contributed by atoms with Gasteiger partial charge in [0, 0.05) is 19.7 Å². The van der Waals surface area contributed by atoms with Crippen LogP contribution in [0.1, 0.15) is 33.1 Å². The highest BCUT2D eigenvalue weighted by molar-refractivity contribution is 7.89. The largest absolute Gasteiger partial charge is 0.481 e. The van der Waals surface area contributed by atoms with E-state index >= 15 is 0 Å². The Hall–Kier alpha value is -0.660. The average Bonchev–Trinajstić information content (AvgIpc) is 2.76. The van der Waals surface area contributed by atoms with Gasteiger partial charge in [-0.2, -0.15) is 0 Å². The molecule has 1 rings (SSSR count). The fourth-order valence-electron chi connectivity index (χ4n) is 2.47. The summed E-state index contributed by atoms with van der Waals surface area (Å²) in [5.41, 5.74) is -0.909. The van der Waals surface area contributed by atoms with Crippen LogP contribution in [0.3, 0.4) is 0 Å². The van der Waals surface area contributed by atoms with Gasteiger partial charge in [0.1, 0.15) is 0 Å². The molecule has 1 aliphatic heterocycles. The van der Waals surface area contributed by atoms with Gasteiger partial charge in [0.05, 0.1) is 17.8 Å². The van der Waals surface area contributed by atoms with Crippen molar-refractivity contribution in [1.29, 1.82) is 0 Å². The van der Waals surface area contributed by atoms with Gasteiger partial charge in [0.15, 0.2) is 0 Å². The highest BCUT2D eigenvalue weighted by Crippen LogP contribution is 2.36. The lowest BCUT2D eigenvalue weighted by Crippen LogP contribution is -2.38. The second-order valence-electron chi connectivity index (χ2n) is 4.93. The zero-order chi connectivity index (χ0) is 14.5. The highest BCUT2D eigenvalue weighted by atomic mass is 32.2. The lowest BCUT2D eigenvalue weighted by molar-refractivity contribution is -0.148. The molecule has 0 aliphatic carbocycles. The number of ether oxygens (including phenoxy) is 1. The van der Waals surface area contributed by atoms with Gasteiger partial charge in [-0.15, -0.1) is 0 Å². The van der Waals surface area contributed by atoms with Crippen LogP contribution < -0.4 is 0 Å². The third-order valence-corrected chi connectivity index (χ3v) is 5.37. The summed E-state index contributed by atoms with van der Waals surface area (Å²) in [6, 6.07) is 0. The predicted molar refractivity (Wildman–Crippen MR) is 71.4 cm³/mol. The van der Waals surface area contributed by atoms with E-state index < -0.39 is 21.4 Å². The zero-order valence-electron chi connectivity index (χ0n) is 11.6. The van der Waals surface area contributed by atoms with E-state index in [4.69, 9.17) is 4.74 Å². The van der Waals surface area contributed by atoms with Crippen LogP contribution >= 0.6 is 0 Å². The smallest absolute Gasteiger partial charge is 0.311 e. The molecule has 1 saturated heterocycles. The number of hydrogen-bond acceptors (Lipinski definition) is 4. The van der Waals surface area contributed by atoms with Crippen molar-refractivity contribution in [2.75, 3.05) is 32.1 Å². The summed E-state index contributed by atoms with van der Waals surface area (Å²) in [6.07, 6.45) is 1.64. The summed E-state index contributed by atoms with van der Waals surface area (Å²) >= 11 is 0. The summed E-state index contributed by atoms with van der Waals surface area (Å²) in [5.74, 6) is -0.972. The Bertz CT molecular complexity index is 408. The molecule has 112 valence electrons. The van der Waals surface area contributed by atoms with Crippen LogP contribution in [0.4, 0.5) is 0 Å². The Morgan fingerprint density at radius 3 is 2.63 bits per heavy atom. The van der Waals surface area contributed by atoms with Gasteiger partial charge < -0.3 is 9.84 Å². The van der Waals surface area contributed by atoms with Crippen molar-refractivity contribution in [1.82, 2.24) is 4.31 Å². The fraction of sp³-hybridized carbons (Fsp3) is 0.917. The van der Waals surface area contributed by atoms with Crippen LogP contribution in [-0.4, -0.2) is 55.9 Å². The summed E-state index contributed by atoms with van der Waals surface area (Å²) in [4.78, 5) is 11.4. The second-order valence-corrected chi connectivity index (χ2v) is 7.02. The lowest BCUT2D eigenvalue weighted by atomic mass is 9.83. The summed E-state index contributed by atoms with van der Waals surface area (Å²) in [7, 11) is -3.41. The first-order valence-electron chi connectivity index (χ1n) is 6.67. The molecule has 0 spiro atoms. The van der Waals surface area contributed by atoms with Gasteiger partial charge in [-0.1, -0.05) is 13.3 Å². The van der Waals surface area contributed by atoms with Crippen molar-refractivity contribution in [2.45, 2.75) is 33.1 Å². The standard InChI is InChI=1S/C12H23NO5S/c1-3-5-12(11(14)15)6-7-13(10-12)19(16,17)9-8-18-4-2/h3-10H2,1-2H3,(H,14,15). The minimum Gasteiger partial charge on any atom is -0.481 e. The van der Waals surface area contributed by atoms with Crippen LogP contribution in [0, 0.1) is 5.41 Å². The number of aliphatic carboxylic acids is 1. The minimum atomic E-state index is -3.41. The van der Waals surface area contributed by atoms with Crippen molar-refractivity contribution in [2.24, 2.45) is 5.41 Å². The van der Waals surface area contributed by atoms with E-state index in [9.17, 15) is 18.3 Å². The van der Waals surface area contributed by atoms with Crippen LogP contribution in [0.15, 0.2) is 0 Å². The topological polar surface area (TPSA) is 83.9 Å². The summed E-state index contributed by atoms with van der Waals surface area (Å²) < 4.78 is 30.5. The molecule has 1 unspecified atom stereocenters. The molecule has 0 saturated carbocycles. The molecule has 0 radical (unpaired) electrons. The Kier molecular flexibility index (Phi) is 5.76. The first-order valence-corrected chi connectivity index (χ1v) is 8.28. The maximum absolute atomic E-state index is 12.1. The molecule has 1 atom stereocenters. The molecule has 1 N–H and O–H groups in total. The predicted octanol–water partition coefficient (Wildman–Crippen LogP) is 0.929. The fourth-order valence-corrected chi connectivity index (χ4v) is 3.87. The molecule has 7 heteroatoms. The van der Waals surface area contributed by atoms with E-state index in [1.165, 1.54) is 4.31 Å². The normalized spacial score (nSPS) is 24.7. The van der Waals surface area contributed by atoms with Crippen LogP contribution in [0.5, 0.6) is 0 Å². The van der Waals surface area contributed by atoms with E-state index in [-0.39, 0.29) is 18.9 Å². The zero-order valence-corrected chi connectivity index (χ0v) is 12.4. The molecule has 0 aromatic rings. The monoisotopic (exact) mass is 293 g/mol. The first kappa shape index (κ1) is 16.4. The number of carboxylic acid groups (broad SMARTS) is 1. The van der Waals surface area contributed by atoms with E-state index in [0.717, 1.165) is 6.42 Å². The third-order valence-electron chi connectivity index (χ3n) is 3.58. The molecule has 0 amide bonds. The van der Waals surface area contributed by atoms with Gasteiger partial charge in [0.25, 0.3) is 0 Å². The molecular weight excluding hydrogens is 270 g/mol. The van der Waals surface area contributed by atoms with Crippen molar-refractivity contribution < 1.29 is 23.1 Å². The molecular formula is C12H23NO5S. The number of sulfonamides is 1. The Balaban J connectivity index is 2.70. The molecule has 1 fully saturated rings. The van der Waals surface area contributed by atoms with E-state index in [2.05, 4.69) is 0 Å². The maximum Gasteiger partial charge on any atom is 0.311 e. The number of rotatable bonds is 8. The van der Waals surface area contributed by atoms with Crippen LogP contribution in [-0.2, 0) is 19.6 Å². The number of carboxylic acids is 1. The first-order chi connectivity index (χ1) is 8.88. The van der Waals surface area contributed by atoms with Crippen molar-refractivity contribution >= 4 is 16.0 Å². The summed E-state index contributed by atoms with van der Waals surface area (Å²) in [6.45, 7) is 4.73. The second kappa shape index (κ2) is 6.67.